The first-order chi connectivity index (χ1) is 9.77. The second-order valence-electron chi connectivity index (χ2n) is 4.12. The zero-order chi connectivity index (χ0) is 15.6. The zero-order valence-electron chi connectivity index (χ0n) is 10.4. The number of nitrogens with zero attached hydrogens (tertiary/aromatic N) is 1. The Morgan fingerprint density at radius 1 is 1.19 bits per heavy atom. The van der Waals surface area contributed by atoms with E-state index in [0.29, 0.717) is 6.20 Å². The number of nitrogen functional groups attached to an aromatic ring is 1. The Morgan fingerprint density at radius 2 is 1.90 bits per heavy atom. The van der Waals surface area contributed by atoms with E-state index in [1.165, 1.54) is 6.07 Å². The highest BCUT2D eigenvalue weighted by Gasteiger charge is 2.30. The van der Waals surface area contributed by atoms with Crippen molar-refractivity contribution in [1.82, 2.24) is 4.98 Å². The zero-order valence-corrected chi connectivity index (χ0v) is 10.4. The smallest absolute Gasteiger partial charge is 0.397 e. The van der Waals surface area contributed by atoms with Crippen molar-refractivity contribution in [2.24, 2.45) is 0 Å². The van der Waals surface area contributed by atoms with Gasteiger partial charge in [0.05, 0.1) is 16.9 Å². The summed E-state index contributed by atoms with van der Waals surface area (Å²) in [5, 5.41) is 2.34. The molecule has 1 aromatic heterocycles. The molecule has 0 aliphatic heterocycles. The molecule has 0 aliphatic carbocycles. The van der Waals surface area contributed by atoms with Crippen LogP contribution in [0.25, 0.3) is 0 Å². The molecular formula is C13H9F4N3O. The van der Waals surface area contributed by atoms with Gasteiger partial charge in [0.1, 0.15) is 11.5 Å². The van der Waals surface area contributed by atoms with E-state index in [2.05, 4.69) is 10.3 Å². The lowest BCUT2D eigenvalue weighted by molar-refractivity contribution is -0.137. The van der Waals surface area contributed by atoms with Crippen LogP contribution in [0.15, 0.2) is 36.5 Å². The normalized spacial score (nSPS) is 11.2. The first-order valence-electron chi connectivity index (χ1n) is 5.67. The highest BCUT2D eigenvalue weighted by molar-refractivity contribution is 6.04. The standard InChI is InChI=1S/C13H9F4N3O/c14-8-2-4-10(9(18)5-8)20-12(21)11-3-1-7(6-19-11)13(15,16)17/h1-6H,18H2,(H,20,21). The van der Waals surface area contributed by atoms with Crippen molar-refractivity contribution in [3.05, 3.63) is 53.6 Å². The molecule has 8 heteroatoms. The van der Waals surface area contributed by atoms with E-state index in [1.807, 2.05) is 0 Å². The lowest BCUT2D eigenvalue weighted by Crippen LogP contribution is -2.15. The molecule has 1 amide bonds. The summed E-state index contributed by atoms with van der Waals surface area (Å²) in [5.41, 5.74) is 4.47. The minimum atomic E-state index is -4.52. The van der Waals surface area contributed by atoms with Crippen molar-refractivity contribution in [3.63, 3.8) is 0 Å². The first kappa shape index (κ1) is 14.8. The van der Waals surface area contributed by atoms with Crippen LogP contribution in [0, 0.1) is 5.82 Å². The quantitative estimate of drug-likeness (QED) is 0.661. The molecule has 2 rings (SSSR count). The van der Waals surface area contributed by atoms with Gasteiger partial charge in [0.2, 0.25) is 0 Å². The topological polar surface area (TPSA) is 68.0 Å². The molecule has 0 saturated heterocycles. The maximum absolute atomic E-state index is 12.9. The summed E-state index contributed by atoms with van der Waals surface area (Å²) in [7, 11) is 0. The third-order valence-electron chi connectivity index (χ3n) is 2.59. The molecule has 0 atom stereocenters. The number of aromatic nitrogens is 1. The summed E-state index contributed by atoms with van der Waals surface area (Å²) < 4.78 is 49.9. The fraction of sp³-hybridized carbons (Fsp3) is 0.0769. The van der Waals surface area contributed by atoms with Gasteiger partial charge in [-0.2, -0.15) is 13.2 Å². The van der Waals surface area contributed by atoms with Crippen molar-refractivity contribution in [3.8, 4) is 0 Å². The monoisotopic (exact) mass is 299 g/mol. The molecule has 1 aromatic carbocycles. The summed E-state index contributed by atoms with van der Waals surface area (Å²) in [5.74, 6) is -1.32. The molecule has 0 saturated carbocycles. The predicted octanol–water partition coefficient (Wildman–Crippen LogP) is 3.07. The molecule has 0 radical (unpaired) electrons. The molecule has 0 aliphatic rings. The number of rotatable bonds is 2. The molecule has 0 spiro atoms. The molecule has 21 heavy (non-hydrogen) atoms. The van der Waals surface area contributed by atoms with Crippen molar-refractivity contribution in [2.75, 3.05) is 11.1 Å². The Hall–Kier alpha value is -2.64. The average Bonchev–Trinajstić information content (AvgIpc) is 2.41. The Kier molecular flexibility index (Phi) is 3.79. The number of amides is 1. The van der Waals surface area contributed by atoms with Crippen LogP contribution in [0.1, 0.15) is 16.1 Å². The molecule has 0 bridgehead atoms. The fourth-order valence-electron chi connectivity index (χ4n) is 1.53. The average molecular weight is 299 g/mol. The first-order valence-corrected chi connectivity index (χ1v) is 5.67. The Bertz CT molecular complexity index is 668. The lowest BCUT2D eigenvalue weighted by atomic mass is 10.2. The van der Waals surface area contributed by atoms with Gasteiger partial charge in [0, 0.05) is 6.20 Å². The van der Waals surface area contributed by atoms with Gasteiger partial charge in [0.15, 0.2) is 0 Å². The number of anilines is 2. The minimum absolute atomic E-state index is 0.00439. The molecular weight excluding hydrogens is 290 g/mol. The number of hydrogen-bond donors (Lipinski definition) is 2. The maximum atomic E-state index is 12.9. The van der Waals surface area contributed by atoms with Gasteiger partial charge in [-0.05, 0) is 30.3 Å². The van der Waals surface area contributed by atoms with Crippen molar-refractivity contribution in [2.45, 2.75) is 6.18 Å². The second kappa shape index (κ2) is 5.39. The number of nitrogens with two attached hydrogens (primary N) is 1. The van der Waals surface area contributed by atoms with Gasteiger partial charge in [0.25, 0.3) is 5.91 Å². The number of carbonyl (C=O) groups excluding carboxylic acids is 1. The van der Waals surface area contributed by atoms with Crippen LogP contribution in [-0.4, -0.2) is 10.9 Å². The SMILES string of the molecule is Nc1cc(F)ccc1NC(=O)c1ccc(C(F)(F)F)cn1. The summed E-state index contributed by atoms with van der Waals surface area (Å²) >= 11 is 0. The highest BCUT2D eigenvalue weighted by atomic mass is 19.4. The second-order valence-corrected chi connectivity index (χ2v) is 4.12. The van der Waals surface area contributed by atoms with E-state index < -0.39 is 23.5 Å². The highest BCUT2D eigenvalue weighted by Crippen LogP contribution is 2.28. The molecule has 2 aromatic rings. The summed E-state index contributed by atoms with van der Waals surface area (Å²) in [4.78, 5) is 15.2. The fourth-order valence-corrected chi connectivity index (χ4v) is 1.53. The van der Waals surface area contributed by atoms with Crippen LogP contribution in [0.3, 0.4) is 0 Å². The number of hydrogen-bond acceptors (Lipinski definition) is 3. The largest absolute Gasteiger partial charge is 0.417 e. The van der Waals surface area contributed by atoms with Gasteiger partial charge < -0.3 is 11.1 Å². The van der Waals surface area contributed by atoms with E-state index in [9.17, 15) is 22.4 Å². The van der Waals surface area contributed by atoms with Crippen LogP contribution >= 0.6 is 0 Å². The van der Waals surface area contributed by atoms with E-state index in [4.69, 9.17) is 5.73 Å². The summed E-state index contributed by atoms with van der Waals surface area (Å²) in [6.07, 6.45) is -3.97. The third kappa shape index (κ3) is 3.47. The van der Waals surface area contributed by atoms with Crippen LogP contribution < -0.4 is 11.1 Å². The molecule has 1 heterocycles. The van der Waals surface area contributed by atoms with Crippen LogP contribution in [0.4, 0.5) is 28.9 Å². The van der Waals surface area contributed by atoms with Gasteiger partial charge in [-0.15, -0.1) is 0 Å². The van der Waals surface area contributed by atoms with Gasteiger partial charge in [-0.3, -0.25) is 9.78 Å². The van der Waals surface area contributed by atoms with E-state index in [-0.39, 0.29) is 17.1 Å². The third-order valence-corrected chi connectivity index (χ3v) is 2.59. The number of benzene rings is 1. The molecule has 4 nitrogen and oxygen atoms in total. The lowest BCUT2D eigenvalue weighted by Gasteiger charge is -2.09. The number of alkyl halides is 3. The number of pyridine rings is 1. The van der Waals surface area contributed by atoms with Crippen LogP contribution in [0.2, 0.25) is 0 Å². The van der Waals surface area contributed by atoms with Crippen molar-refractivity contribution < 1.29 is 22.4 Å². The molecule has 0 fully saturated rings. The number of nitrogens with one attached hydrogen (secondary N) is 1. The van der Waals surface area contributed by atoms with E-state index >= 15 is 0 Å². The molecule has 0 unspecified atom stereocenters. The Balaban J connectivity index is 2.17. The summed E-state index contributed by atoms with van der Waals surface area (Å²) in [6, 6.07) is 5.03. The maximum Gasteiger partial charge on any atom is 0.417 e. The van der Waals surface area contributed by atoms with Gasteiger partial charge in [-0.1, -0.05) is 0 Å². The number of carbonyl (C=O) groups is 1. The van der Waals surface area contributed by atoms with Crippen LogP contribution in [-0.2, 0) is 6.18 Å². The van der Waals surface area contributed by atoms with E-state index in [0.717, 1.165) is 24.3 Å². The van der Waals surface area contributed by atoms with Gasteiger partial charge >= 0.3 is 6.18 Å². The van der Waals surface area contributed by atoms with Gasteiger partial charge in [-0.25, -0.2) is 4.39 Å². The summed E-state index contributed by atoms with van der Waals surface area (Å²) in [6.45, 7) is 0. The van der Waals surface area contributed by atoms with Crippen molar-refractivity contribution >= 4 is 17.3 Å². The number of halogens is 4. The van der Waals surface area contributed by atoms with E-state index in [1.54, 1.807) is 0 Å². The Labute approximate surface area is 116 Å². The predicted molar refractivity (Wildman–Crippen MR) is 68.0 cm³/mol. The molecule has 110 valence electrons. The Morgan fingerprint density at radius 3 is 2.43 bits per heavy atom. The van der Waals surface area contributed by atoms with Crippen molar-refractivity contribution in [1.29, 1.82) is 0 Å². The van der Waals surface area contributed by atoms with Crippen LogP contribution in [0.5, 0.6) is 0 Å². The minimum Gasteiger partial charge on any atom is -0.397 e. The molecule has 3 N–H and O–H groups in total.